The molecule has 0 atom stereocenters. The van der Waals surface area contributed by atoms with E-state index in [0.29, 0.717) is 24.9 Å². The van der Waals surface area contributed by atoms with E-state index in [9.17, 15) is 9.18 Å². The van der Waals surface area contributed by atoms with Crippen molar-refractivity contribution >= 4 is 25.6 Å². The molecule has 3 nitrogen and oxygen atoms in total. The van der Waals surface area contributed by atoms with Crippen LogP contribution in [0.5, 0.6) is 0 Å². The fourth-order valence-electron chi connectivity index (χ4n) is 3.41. The number of nitrogens with one attached hydrogen (secondary N) is 1. The van der Waals surface area contributed by atoms with E-state index in [-0.39, 0.29) is 5.82 Å². The summed E-state index contributed by atoms with van der Waals surface area (Å²) in [5.41, 5.74) is 6.05. The number of aryl methyl sites for hydroxylation is 2. The zero-order valence-corrected chi connectivity index (χ0v) is 14.5. The lowest BCUT2D eigenvalue weighted by molar-refractivity contribution is -0.107. The van der Waals surface area contributed by atoms with Crippen LogP contribution in [0.2, 0.25) is 0 Å². The van der Waals surface area contributed by atoms with Gasteiger partial charge in [0.05, 0.1) is 0 Å². The minimum Gasteiger partial charge on any atom is -0.424 e. The van der Waals surface area contributed by atoms with Crippen LogP contribution in [0.25, 0.3) is 0 Å². The predicted molar refractivity (Wildman–Crippen MR) is 101 cm³/mol. The molecule has 2 aromatic carbocycles. The lowest BCUT2D eigenvalue weighted by Gasteiger charge is -2.31. The fraction of sp³-hybridized carbons (Fsp3) is 0.350. The standard InChI is InChI=1S/C20H22BFN2O/c1-14-17(7-6-16-4-2-10-24(21)20(14)16)13-23-18-9-8-15(5-3-11-25)19(22)12-18/h6-9,11-12,23H,2-5,10,13H2,1H3. The highest BCUT2D eigenvalue weighted by Crippen LogP contribution is 2.31. The molecule has 1 heterocycles. The smallest absolute Gasteiger partial charge is 0.226 e. The van der Waals surface area contributed by atoms with Crippen molar-refractivity contribution in [3.63, 3.8) is 0 Å². The maximum atomic E-state index is 14.1. The second-order valence-corrected chi connectivity index (χ2v) is 6.52. The van der Waals surface area contributed by atoms with Crippen molar-refractivity contribution in [2.24, 2.45) is 0 Å². The molecule has 25 heavy (non-hydrogen) atoms. The molecule has 0 saturated heterocycles. The normalized spacial score (nSPS) is 13.4. The van der Waals surface area contributed by atoms with Gasteiger partial charge in [-0.2, -0.15) is 0 Å². The number of nitrogens with zero attached hydrogens (tertiary/aromatic N) is 1. The first-order valence-electron chi connectivity index (χ1n) is 8.69. The average molecular weight is 336 g/mol. The molecule has 0 spiro atoms. The number of hydrogen-bond donors (Lipinski definition) is 1. The Morgan fingerprint density at radius 3 is 2.84 bits per heavy atom. The van der Waals surface area contributed by atoms with Crippen LogP contribution in [0.4, 0.5) is 15.8 Å². The molecule has 3 rings (SSSR count). The summed E-state index contributed by atoms with van der Waals surface area (Å²) in [6.07, 6.45) is 3.73. The van der Waals surface area contributed by atoms with E-state index in [4.69, 9.17) is 7.98 Å². The number of carbonyl (C=O) groups excluding carboxylic acids is 1. The van der Waals surface area contributed by atoms with E-state index < -0.39 is 0 Å². The van der Waals surface area contributed by atoms with E-state index in [0.717, 1.165) is 42.6 Å². The van der Waals surface area contributed by atoms with Crippen LogP contribution in [0.3, 0.4) is 0 Å². The molecule has 1 aliphatic rings. The lowest BCUT2D eigenvalue weighted by atomic mass is 9.93. The Kier molecular flexibility index (Phi) is 5.42. The van der Waals surface area contributed by atoms with Crippen molar-refractivity contribution in [1.29, 1.82) is 0 Å². The van der Waals surface area contributed by atoms with Gasteiger partial charge in [-0.05, 0) is 60.6 Å². The van der Waals surface area contributed by atoms with Gasteiger partial charge in [-0.3, -0.25) is 0 Å². The zero-order chi connectivity index (χ0) is 17.8. The molecule has 1 N–H and O–H groups in total. The summed E-state index contributed by atoms with van der Waals surface area (Å²) in [7, 11) is 6.14. The third kappa shape index (κ3) is 3.86. The molecule has 5 heteroatoms. The van der Waals surface area contributed by atoms with E-state index >= 15 is 0 Å². The van der Waals surface area contributed by atoms with Crippen LogP contribution in [0.1, 0.15) is 35.1 Å². The van der Waals surface area contributed by atoms with Crippen molar-refractivity contribution in [2.75, 3.05) is 16.7 Å². The summed E-state index contributed by atoms with van der Waals surface area (Å²) in [5.74, 6) is -0.276. The maximum Gasteiger partial charge on any atom is 0.226 e. The zero-order valence-electron chi connectivity index (χ0n) is 14.5. The van der Waals surface area contributed by atoms with Crippen LogP contribution >= 0.6 is 0 Å². The predicted octanol–water partition coefficient (Wildman–Crippen LogP) is 3.71. The number of anilines is 2. The van der Waals surface area contributed by atoms with Gasteiger partial charge in [0.15, 0.2) is 0 Å². The van der Waals surface area contributed by atoms with Crippen molar-refractivity contribution in [3.8, 4) is 0 Å². The molecule has 0 fully saturated rings. The van der Waals surface area contributed by atoms with Crippen LogP contribution in [-0.4, -0.2) is 20.8 Å². The van der Waals surface area contributed by atoms with Crippen molar-refractivity contribution in [2.45, 2.75) is 39.2 Å². The average Bonchev–Trinajstić information content (AvgIpc) is 2.60. The van der Waals surface area contributed by atoms with Crippen LogP contribution in [0, 0.1) is 12.7 Å². The van der Waals surface area contributed by atoms with Crippen molar-refractivity contribution in [3.05, 3.63) is 58.4 Å². The van der Waals surface area contributed by atoms with E-state index in [2.05, 4.69) is 24.4 Å². The van der Waals surface area contributed by atoms with Gasteiger partial charge in [0.1, 0.15) is 12.1 Å². The molecule has 0 saturated carbocycles. The lowest BCUT2D eigenvalue weighted by Crippen LogP contribution is -2.27. The summed E-state index contributed by atoms with van der Waals surface area (Å²) >= 11 is 0. The quantitative estimate of drug-likeness (QED) is 0.645. The molecule has 0 aromatic heterocycles. The van der Waals surface area contributed by atoms with Crippen LogP contribution < -0.4 is 10.1 Å². The Balaban J connectivity index is 1.73. The maximum absolute atomic E-state index is 14.1. The number of hydrogen-bond acceptors (Lipinski definition) is 3. The number of rotatable bonds is 6. The highest BCUT2D eigenvalue weighted by Gasteiger charge is 2.17. The van der Waals surface area contributed by atoms with Gasteiger partial charge in [0, 0.05) is 30.9 Å². The summed E-state index contributed by atoms with van der Waals surface area (Å²) in [6, 6.07) is 9.34. The summed E-state index contributed by atoms with van der Waals surface area (Å²) in [4.78, 5) is 12.3. The fourth-order valence-corrected chi connectivity index (χ4v) is 3.41. The summed E-state index contributed by atoms with van der Waals surface area (Å²) in [6.45, 7) is 3.57. The second kappa shape index (κ2) is 7.73. The Hall–Kier alpha value is -2.30. The Morgan fingerprint density at radius 2 is 2.08 bits per heavy atom. The number of carbonyl (C=O) groups is 1. The minimum atomic E-state index is -0.276. The molecule has 0 aliphatic carbocycles. The number of aldehydes is 1. The third-order valence-electron chi connectivity index (χ3n) is 4.83. The highest BCUT2D eigenvalue weighted by atomic mass is 19.1. The number of benzene rings is 2. The van der Waals surface area contributed by atoms with Gasteiger partial charge < -0.3 is 14.9 Å². The Morgan fingerprint density at radius 1 is 1.28 bits per heavy atom. The van der Waals surface area contributed by atoms with E-state index in [1.54, 1.807) is 6.07 Å². The van der Waals surface area contributed by atoms with Crippen LogP contribution in [-0.2, 0) is 24.2 Å². The van der Waals surface area contributed by atoms with Gasteiger partial charge in [-0.25, -0.2) is 4.39 Å². The van der Waals surface area contributed by atoms with Gasteiger partial charge in [-0.15, -0.1) is 0 Å². The first-order valence-corrected chi connectivity index (χ1v) is 8.69. The number of halogens is 1. The first-order chi connectivity index (χ1) is 12.1. The second-order valence-electron chi connectivity index (χ2n) is 6.52. The number of fused-ring (bicyclic) bond motifs is 1. The van der Waals surface area contributed by atoms with Gasteiger partial charge in [0.25, 0.3) is 0 Å². The Bertz CT molecular complexity index is 779. The molecule has 0 unspecified atom stereocenters. The van der Waals surface area contributed by atoms with Crippen molar-refractivity contribution in [1.82, 2.24) is 0 Å². The molecule has 2 aromatic rings. The van der Waals surface area contributed by atoms with Gasteiger partial charge in [-0.1, -0.05) is 18.2 Å². The topological polar surface area (TPSA) is 32.3 Å². The highest BCUT2D eigenvalue weighted by molar-refractivity contribution is 6.18. The summed E-state index contributed by atoms with van der Waals surface area (Å²) in [5, 5.41) is 3.28. The molecule has 2 radical (unpaired) electrons. The molecular weight excluding hydrogens is 314 g/mol. The van der Waals surface area contributed by atoms with E-state index in [1.165, 1.54) is 17.2 Å². The van der Waals surface area contributed by atoms with Gasteiger partial charge >= 0.3 is 0 Å². The van der Waals surface area contributed by atoms with E-state index in [1.807, 2.05) is 10.9 Å². The molecule has 0 bridgehead atoms. The largest absolute Gasteiger partial charge is 0.424 e. The SMILES string of the molecule is [B]N1CCCc2ccc(CNc3ccc(CCC=O)c(F)c3)c(C)c21. The van der Waals surface area contributed by atoms with Gasteiger partial charge in [0.2, 0.25) is 7.98 Å². The Labute approximate surface area is 149 Å². The van der Waals surface area contributed by atoms with Crippen molar-refractivity contribution < 1.29 is 9.18 Å². The molecule has 1 aliphatic heterocycles. The molecular formula is C20H22BFN2O. The first kappa shape index (κ1) is 17.5. The van der Waals surface area contributed by atoms with Crippen LogP contribution in [0.15, 0.2) is 30.3 Å². The molecule has 128 valence electrons. The molecule has 0 amide bonds. The minimum absolute atomic E-state index is 0.276. The monoisotopic (exact) mass is 336 g/mol. The third-order valence-corrected chi connectivity index (χ3v) is 4.83. The summed E-state index contributed by atoms with van der Waals surface area (Å²) < 4.78 is 14.1.